The van der Waals surface area contributed by atoms with Crippen LogP contribution in [0.4, 0.5) is 5.69 Å². The Morgan fingerprint density at radius 1 is 1.40 bits per heavy atom. The summed E-state index contributed by atoms with van der Waals surface area (Å²) in [7, 11) is 1.71. The first-order valence-electron chi connectivity index (χ1n) is 7.42. The number of thioether (sulfide) groups is 1. The molecule has 0 spiro atoms. The van der Waals surface area contributed by atoms with Crippen molar-refractivity contribution < 1.29 is 13.9 Å². The molecule has 25 heavy (non-hydrogen) atoms. The minimum atomic E-state index is -0.0998. The van der Waals surface area contributed by atoms with Crippen molar-refractivity contribution in [1.29, 1.82) is 0 Å². The van der Waals surface area contributed by atoms with Gasteiger partial charge in [0.05, 0.1) is 21.7 Å². The molecule has 1 fully saturated rings. The molecule has 0 unspecified atom stereocenters. The summed E-state index contributed by atoms with van der Waals surface area (Å²) in [5.74, 6) is 1.33. The molecule has 0 aliphatic carbocycles. The zero-order valence-corrected chi connectivity index (χ0v) is 18.0. The van der Waals surface area contributed by atoms with Gasteiger partial charge in [-0.1, -0.05) is 0 Å². The number of halogens is 2. The van der Waals surface area contributed by atoms with Crippen molar-refractivity contribution in [3.05, 3.63) is 49.2 Å². The Morgan fingerprint density at radius 3 is 2.72 bits per heavy atom. The number of amides is 1. The summed E-state index contributed by atoms with van der Waals surface area (Å²) >= 11 is 6.81. The van der Waals surface area contributed by atoms with Crippen molar-refractivity contribution in [2.75, 3.05) is 13.7 Å². The molecule has 0 bridgehead atoms. The Kier molecular flexibility index (Phi) is 5.90. The predicted octanol–water partition coefficient (Wildman–Crippen LogP) is 5.28. The van der Waals surface area contributed by atoms with E-state index in [0.29, 0.717) is 22.4 Å². The van der Waals surface area contributed by atoms with Crippen molar-refractivity contribution in [2.24, 2.45) is 4.99 Å². The van der Waals surface area contributed by atoms with Crippen LogP contribution in [0.25, 0.3) is 6.08 Å². The lowest BCUT2D eigenvalue weighted by molar-refractivity contribution is -0.121. The van der Waals surface area contributed by atoms with Crippen LogP contribution in [0.15, 0.2) is 49.1 Å². The molecule has 5 nitrogen and oxygen atoms in total. The minimum absolute atomic E-state index is 0.0998. The molecule has 0 radical (unpaired) electrons. The lowest BCUT2D eigenvalue weighted by Crippen LogP contribution is -2.23. The minimum Gasteiger partial charge on any atom is -0.494 e. The van der Waals surface area contributed by atoms with Crippen molar-refractivity contribution in [2.45, 2.75) is 6.92 Å². The van der Waals surface area contributed by atoms with Gasteiger partial charge in [0.1, 0.15) is 11.5 Å². The normalized spacial score (nSPS) is 17.8. The van der Waals surface area contributed by atoms with Gasteiger partial charge in [-0.25, -0.2) is 4.99 Å². The lowest BCUT2D eigenvalue weighted by Gasteiger charge is -2.07. The first kappa shape index (κ1) is 18.5. The maximum Gasteiger partial charge on any atom is 0.266 e. The van der Waals surface area contributed by atoms with Crippen molar-refractivity contribution in [3.63, 3.8) is 0 Å². The molecular weight excluding hydrogens is 519 g/mol. The second-order valence-corrected chi connectivity index (χ2v) is 7.91. The van der Waals surface area contributed by atoms with Gasteiger partial charge in [0.25, 0.3) is 5.91 Å². The van der Waals surface area contributed by atoms with Crippen molar-refractivity contribution in [3.8, 4) is 5.75 Å². The molecule has 1 amide bonds. The van der Waals surface area contributed by atoms with Gasteiger partial charge in [-0.3, -0.25) is 9.69 Å². The summed E-state index contributed by atoms with van der Waals surface area (Å²) in [5, 5.41) is 0.626. The van der Waals surface area contributed by atoms with Crippen LogP contribution in [0.1, 0.15) is 12.7 Å². The monoisotopic (exact) mass is 532 g/mol. The molecule has 0 saturated carbocycles. The van der Waals surface area contributed by atoms with E-state index in [1.807, 2.05) is 37.3 Å². The summed E-state index contributed by atoms with van der Waals surface area (Å²) in [6, 6.07) is 9.30. The first-order valence-corrected chi connectivity index (χ1v) is 10.1. The zero-order chi connectivity index (χ0) is 18.0. The van der Waals surface area contributed by atoms with Gasteiger partial charge >= 0.3 is 0 Å². The Bertz CT molecular complexity index is 842. The van der Waals surface area contributed by atoms with Crippen molar-refractivity contribution >= 4 is 73.1 Å². The number of ether oxygens (including phenoxy) is 1. The van der Waals surface area contributed by atoms with E-state index in [0.717, 1.165) is 19.7 Å². The Hall–Kier alpha value is -1.26. The average Bonchev–Trinajstić information content (AvgIpc) is 3.04. The number of likely N-dealkylation sites (N-methyl/N-ethyl adjacent to an activating group) is 1. The van der Waals surface area contributed by atoms with Crippen molar-refractivity contribution in [1.82, 2.24) is 4.90 Å². The van der Waals surface area contributed by atoms with E-state index >= 15 is 0 Å². The van der Waals surface area contributed by atoms with Gasteiger partial charge in [-0.05, 0) is 64.9 Å². The first-order chi connectivity index (χ1) is 12.0. The molecule has 2 aromatic rings. The van der Waals surface area contributed by atoms with Crippen LogP contribution >= 0.6 is 50.3 Å². The SMILES string of the molecule is CCOc1ccc(N=C2S/C(=C\c3cc(Br)c(I)o3)C(=O)N2C)cc1. The Labute approximate surface area is 171 Å². The van der Waals surface area contributed by atoms with Crippen LogP contribution in [0.3, 0.4) is 0 Å². The summed E-state index contributed by atoms with van der Waals surface area (Å²) in [6.45, 7) is 2.56. The average molecular weight is 533 g/mol. The highest BCUT2D eigenvalue weighted by Crippen LogP contribution is 2.34. The quantitative estimate of drug-likeness (QED) is 0.397. The molecule has 8 heteroatoms. The van der Waals surface area contributed by atoms with Gasteiger partial charge in [-0.15, -0.1) is 0 Å². The molecule has 0 N–H and O–H groups in total. The number of amidine groups is 1. The van der Waals surface area contributed by atoms with E-state index in [1.54, 1.807) is 13.1 Å². The number of benzene rings is 1. The molecular formula is C17H14BrIN2O3S. The highest BCUT2D eigenvalue weighted by atomic mass is 127. The van der Waals surface area contributed by atoms with Gasteiger partial charge in [0.15, 0.2) is 8.93 Å². The predicted molar refractivity (Wildman–Crippen MR) is 112 cm³/mol. The third-order valence-electron chi connectivity index (χ3n) is 3.31. The lowest BCUT2D eigenvalue weighted by atomic mass is 10.3. The highest BCUT2D eigenvalue weighted by molar-refractivity contribution is 14.1. The summed E-state index contributed by atoms with van der Waals surface area (Å²) in [5.41, 5.74) is 0.766. The van der Waals surface area contributed by atoms with E-state index < -0.39 is 0 Å². The van der Waals surface area contributed by atoms with Crippen LogP contribution in [0.5, 0.6) is 5.75 Å². The fourth-order valence-corrected chi connectivity index (χ4v) is 3.79. The van der Waals surface area contributed by atoms with E-state index in [2.05, 4.69) is 43.5 Å². The van der Waals surface area contributed by atoms with E-state index in [4.69, 9.17) is 9.15 Å². The van der Waals surface area contributed by atoms with Gasteiger partial charge < -0.3 is 9.15 Å². The second-order valence-electron chi connectivity index (χ2n) is 5.07. The van der Waals surface area contributed by atoms with Gasteiger partial charge in [-0.2, -0.15) is 0 Å². The molecule has 1 saturated heterocycles. The van der Waals surface area contributed by atoms with Crippen LogP contribution < -0.4 is 4.74 Å². The number of furan rings is 1. The molecule has 0 atom stereocenters. The maximum absolute atomic E-state index is 12.4. The topological polar surface area (TPSA) is 55.0 Å². The summed E-state index contributed by atoms with van der Waals surface area (Å²) in [4.78, 5) is 19.1. The van der Waals surface area contributed by atoms with Crippen LogP contribution in [0.2, 0.25) is 0 Å². The standard InChI is InChI=1S/C17H14BrIN2O3S/c1-3-23-11-6-4-10(5-7-11)20-17-21(2)16(22)14(25-17)9-12-8-13(18)15(19)24-12/h4-9H,3H2,1-2H3/b14-9-,20-17?. The fraction of sp³-hybridized carbons (Fsp3) is 0.176. The number of carbonyl (C=O) groups is 1. The van der Waals surface area contributed by atoms with Crippen LogP contribution in [0, 0.1) is 3.77 Å². The molecule has 2 heterocycles. The van der Waals surface area contributed by atoms with E-state index in [-0.39, 0.29) is 5.91 Å². The number of hydrogen-bond donors (Lipinski definition) is 0. The number of hydrogen-bond acceptors (Lipinski definition) is 5. The number of rotatable bonds is 4. The second kappa shape index (κ2) is 7.96. The maximum atomic E-state index is 12.4. The number of nitrogens with zero attached hydrogens (tertiary/aromatic N) is 2. The largest absolute Gasteiger partial charge is 0.494 e. The van der Waals surface area contributed by atoms with E-state index in [1.165, 1.54) is 16.7 Å². The highest BCUT2D eigenvalue weighted by Gasteiger charge is 2.30. The molecule has 1 aliphatic heterocycles. The molecule has 1 aromatic heterocycles. The number of carbonyl (C=O) groups excluding carboxylic acids is 1. The summed E-state index contributed by atoms with van der Waals surface area (Å²) in [6.07, 6.45) is 1.73. The molecule has 130 valence electrons. The summed E-state index contributed by atoms with van der Waals surface area (Å²) < 4.78 is 12.6. The number of aliphatic imine (C=N–C) groups is 1. The van der Waals surface area contributed by atoms with Crippen LogP contribution in [-0.4, -0.2) is 29.6 Å². The molecule has 3 rings (SSSR count). The third kappa shape index (κ3) is 4.29. The van der Waals surface area contributed by atoms with E-state index in [9.17, 15) is 4.79 Å². The van der Waals surface area contributed by atoms with Gasteiger partial charge in [0.2, 0.25) is 0 Å². The van der Waals surface area contributed by atoms with Gasteiger partial charge in [0, 0.05) is 35.7 Å². The Balaban J connectivity index is 1.82. The smallest absolute Gasteiger partial charge is 0.266 e. The molecule has 1 aromatic carbocycles. The zero-order valence-electron chi connectivity index (χ0n) is 13.5. The third-order valence-corrected chi connectivity index (χ3v) is 6.51. The fourth-order valence-electron chi connectivity index (χ4n) is 2.11. The Morgan fingerprint density at radius 2 is 2.12 bits per heavy atom. The molecule has 1 aliphatic rings. The van der Waals surface area contributed by atoms with Crippen LogP contribution in [-0.2, 0) is 4.79 Å².